The van der Waals surface area contributed by atoms with Crippen molar-refractivity contribution in [2.45, 2.75) is 6.61 Å². The van der Waals surface area contributed by atoms with Crippen LogP contribution in [0.2, 0.25) is 10.0 Å². The SMILES string of the molecule is O=C(NN=Cc1cccc(OCc2ccc(F)cc2)c1)C(=O)Nc1cc(Cl)cc(Cl)c1. The summed E-state index contributed by atoms with van der Waals surface area (Å²) in [6.45, 7) is 0.269. The van der Waals surface area contributed by atoms with Gasteiger partial charge in [0.05, 0.1) is 6.21 Å². The van der Waals surface area contributed by atoms with Crippen LogP contribution in [0.5, 0.6) is 5.75 Å². The molecule has 3 aromatic rings. The Balaban J connectivity index is 1.52. The predicted octanol–water partition coefficient (Wildman–Crippen LogP) is 4.80. The number of ether oxygens (including phenoxy) is 1. The number of nitrogens with zero attached hydrogens (tertiary/aromatic N) is 1. The number of rotatable bonds is 6. The molecule has 0 saturated heterocycles. The summed E-state index contributed by atoms with van der Waals surface area (Å²) in [7, 11) is 0. The van der Waals surface area contributed by atoms with Crippen LogP contribution in [0.25, 0.3) is 0 Å². The van der Waals surface area contributed by atoms with Gasteiger partial charge in [-0.2, -0.15) is 5.10 Å². The maximum atomic E-state index is 12.9. The Bertz CT molecular complexity index is 1100. The molecule has 2 N–H and O–H groups in total. The van der Waals surface area contributed by atoms with Crippen molar-refractivity contribution in [3.05, 3.63) is 93.7 Å². The lowest BCUT2D eigenvalue weighted by molar-refractivity contribution is -0.136. The van der Waals surface area contributed by atoms with Crippen LogP contribution in [0.15, 0.2) is 71.8 Å². The first-order valence-corrected chi connectivity index (χ1v) is 9.72. The van der Waals surface area contributed by atoms with Crippen molar-refractivity contribution >= 4 is 46.9 Å². The number of halogens is 3. The first-order valence-electron chi connectivity index (χ1n) is 8.97. The molecular formula is C22H16Cl2FN3O3. The van der Waals surface area contributed by atoms with Gasteiger partial charge in [0, 0.05) is 15.7 Å². The number of anilines is 1. The Hall–Kier alpha value is -3.42. The van der Waals surface area contributed by atoms with Gasteiger partial charge in [0.25, 0.3) is 0 Å². The molecule has 31 heavy (non-hydrogen) atoms. The Morgan fingerprint density at radius 1 is 0.968 bits per heavy atom. The van der Waals surface area contributed by atoms with Gasteiger partial charge in [0.15, 0.2) is 0 Å². The van der Waals surface area contributed by atoms with Gasteiger partial charge in [-0.15, -0.1) is 0 Å². The minimum absolute atomic E-state index is 0.269. The zero-order chi connectivity index (χ0) is 22.2. The van der Waals surface area contributed by atoms with Gasteiger partial charge in [0.1, 0.15) is 18.2 Å². The molecule has 0 bridgehead atoms. The molecule has 0 atom stereocenters. The zero-order valence-corrected chi connectivity index (χ0v) is 17.5. The summed E-state index contributed by atoms with van der Waals surface area (Å²) in [6, 6.07) is 17.4. The van der Waals surface area contributed by atoms with E-state index in [0.717, 1.165) is 5.56 Å². The Morgan fingerprint density at radius 2 is 1.68 bits per heavy atom. The fourth-order valence-electron chi connectivity index (χ4n) is 2.46. The number of hydrogen-bond acceptors (Lipinski definition) is 4. The molecule has 0 radical (unpaired) electrons. The third-order valence-corrected chi connectivity index (χ3v) is 4.32. The average Bonchev–Trinajstić information content (AvgIpc) is 2.73. The van der Waals surface area contributed by atoms with Crippen molar-refractivity contribution in [2.24, 2.45) is 5.10 Å². The Labute approximate surface area is 187 Å². The van der Waals surface area contributed by atoms with Crippen LogP contribution < -0.4 is 15.5 Å². The highest BCUT2D eigenvalue weighted by Crippen LogP contribution is 2.22. The van der Waals surface area contributed by atoms with E-state index in [0.29, 0.717) is 21.4 Å². The monoisotopic (exact) mass is 459 g/mol. The number of hydrogen-bond donors (Lipinski definition) is 2. The van der Waals surface area contributed by atoms with E-state index in [9.17, 15) is 14.0 Å². The van der Waals surface area contributed by atoms with Crippen LogP contribution in [0, 0.1) is 5.82 Å². The molecule has 0 spiro atoms. The summed E-state index contributed by atoms with van der Waals surface area (Å²) in [5, 5.41) is 6.80. The quantitative estimate of drug-likeness (QED) is 0.315. The lowest BCUT2D eigenvalue weighted by Crippen LogP contribution is -2.32. The molecule has 9 heteroatoms. The zero-order valence-electron chi connectivity index (χ0n) is 15.9. The molecule has 0 heterocycles. The highest BCUT2D eigenvalue weighted by Gasteiger charge is 2.13. The van der Waals surface area contributed by atoms with Gasteiger partial charge in [-0.05, 0) is 53.6 Å². The van der Waals surface area contributed by atoms with Crippen molar-refractivity contribution in [1.29, 1.82) is 0 Å². The van der Waals surface area contributed by atoms with E-state index >= 15 is 0 Å². The van der Waals surface area contributed by atoms with Gasteiger partial charge < -0.3 is 10.1 Å². The Morgan fingerprint density at radius 3 is 2.39 bits per heavy atom. The molecule has 6 nitrogen and oxygen atoms in total. The molecule has 0 aromatic heterocycles. The van der Waals surface area contributed by atoms with Gasteiger partial charge in [-0.1, -0.05) is 47.5 Å². The summed E-state index contributed by atoms with van der Waals surface area (Å²) < 4.78 is 18.6. The molecule has 3 aromatic carbocycles. The van der Waals surface area contributed by atoms with Crippen LogP contribution in [0.4, 0.5) is 10.1 Å². The number of amides is 2. The van der Waals surface area contributed by atoms with E-state index in [1.807, 2.05) is 0 Å². The van der Waals surface area contributed by atoms with E-state index < -0.39 is 11.8 Å². The second-order valence-electron chi connectivity index (χ2n) is 6.30. The second-order valence-corrected chi connectivity index (χ2v) is 7.17. The maximum absolute atomic E-state index is 12.9. The number of benzene rings is 3. The van der Waals surface area contributed by atoms with Gasteiger partial charge >= 0.3 is 11.8 Å². The third kappa shape index (κ3) is 7.09. The minimum atomic E-state index is -0.962. The van der Waals surface area contributed by atoms with Crippen molar-refractivity contribution in [3.8, 4) is 5.75 Å². The fraction of sp³-hybridized carbons (Fsp3) is 0.0455. The molecule has 0 saturated carbocycles. The normalized spacial score (nSPS) is 10.7. The molecule has 3 rings (SSSR count). The van der Waals surface area contributed by atoms with Crippen LogP contribution >= 0.6 is 23.2 Å². The van der Waals surface area contributed by atoms with E-state index in [-0.39, 0.29) is 18.1 Å². The first-order chi connectivity index (χ1) is 14.9. The molecule has 0 aliphatic carbocycles. The maximum Gasteiger partial charge on any atom is 0.329 e. The first kappa shape index (κ1) is 22.3. The summed E-state index contributed by atoms with van der Waals surface area (Å²) in [6.07, 6.45) is 1.37. The smallest absolute Gasteiger partial charge is 0.329 e. The number of carbonyl (C=O) groups is 2. The predicted molar refractivity (Wildman–Crippen MR) is 118 cm³/mol. The molecule has 0 fully saturated rings. The average molecular weight is 460 g/mol. The van der Waals surface area contributed by atoms with Crippen molar-refractivity contribution in [2.75, 3.05) is 5.32 Å². The number of carbonyl (C=O) groups excluding carboxylic acids is 2. The van der Waals surface area contributed by atoms with Gasteiger partial charge in [-0.3, -0.25) is 9.59 Å². The summed E-state index contributed by atoms with van der Waals surface area (Å²) in [5.74, 6) is -1.63. The third-order valence-electron chi connectivity index (χ3n) is 3.88. The van der Waals surface area contributed by atoms with E-state index in [2.05, 4.69) is 15.8 Å². The molecule has 158 valence electrons. The van der Waals surface area contributed by atoms with Crippen LogP contribution in [0.1, 0.15) is 11.1 Å². The van der Waals surface area contributed by atoms with Gasteiger partial charge in [0.2, 0.25) is 0 Å². The summed E-state index contributed by atoms with van der Waals surface area (Å²) in [5.41, 5.74) is 3.88. The summed E-state index contributed by atoms with van der Waals surface area (Å²) >= 11 is 11.7. The highest BCUT2D eigenvalue weighted by atomic mass is 35.5. The Kier molecular flexibility index (Phi) is 7.59. The highest BCUT2D eigenvalue weighted by molar-refractivity contribution is 6.40. The molecule has 0 unspecified atom stereocenters. The largest absolute Gasteiger partial charge is 0.489 e. The second kappa shape index (κ2) is 10.6. The van der Waals surface area contributed by atoms with Crippen LogP contribution in [0.3, 0.4) is 0 Å². The van der Waals surface area contributed by atoms with Crippen molar-refractivity contribution < 1.29 is 18.7 Å². The van der Waals surface area contributed by atoms with Gasteiger partial charge in [-0.25, -0.2) is 9.82 Å². The molecule has 0 aliphatic rings. The van der Waals surface area contributed by atoms with Crippen molar-refractivity contribution in [1.82, 2.24) is 5.43 Å². The van der Waals surface area contributed by atoms with Crippen LogP contribution in [-0.2, 0) is 16.2 Å². The summed E-state index contributed by atoms with van der Waals surface area (Å²) in [4.78, 5) is 23.8. The molecule has 2 amide bonds. The van der Waals surface area contributed by atoms with Crippen LogP contribution in [-0.4, -0.2) is 18.0 Å². The fourth-order valence-corrected chi connectivity index (χ4v) is 2.99. The standard InChI is InChI=1S/C22H16Cl2FN3O3/c23-16-9-17(24)11-19(10-16)27-21(29)22(30)28-26-12-15-2-1-3-20(8-15)31-13-14-4-6-18(25)7-5-14/h1-12H,13H2,(H,27,29)(H,28,30). The van der Waals surface area contributed by atoms with E-state index in [1.165, 1.54) is 36.5 Å². The van der Waals surface area contributed by atoms with Crippen molar-refractivity contribution in [3.63, 3.8) is 0 Å². The molecule has 0 aliphatic heterocycles. The van der Waals surface area contributed by atoms with E-state index in [1.54, 1.807) is 36.4 Å². The number of nitrogens with one attached hydrogen (secondary N) is 2. The lowest BCUT2D eigenvalue weighted by atomic mass is 10.2. The number of hydrazone groups is 1. The van der Waals surface area contributed by atoms with E-state index in [4.69, 9.17) is 27.9 Å². The lowest BCUT2D eigenvalue weighted by Gasteiger charge is -2.07. The molecular weight excluding hydrogens is 444 g/mol. The minimum Gasteiger partial charge on any atom is -0.489 e. The topological polar surface area (TPSA) is 79.8 Å².